The number of nitrogens with one attached hydrogen (secondary N) is 2. The highest BCUT2D eigenvalue weighted by Gasteiger charge is 2.24. The van der Waals surface area contributed by atoms with E-state index >= 15 is 0 Å². The van der Waals surface area contributed by atoms with Crippen molar-refractivity contribution in [2.24, 2.45) is 0 Å². The van der Waals surface area contributed by atoms with E-state index in [1.807, 2.05) is 30.7 Å². The maximum atomic E-state index is 4.60. The van der Waals surface area contributed by atoms with Crippen LogP contribution in [0.5, 0.6) is 0 Å². The van der Waals surface area contributed by atoms with Gasteiger partial charge in [-0.2, -0.15) is 0 Å². The average molecular weight is 435 g/mol. The SMILES string of the molecule is Brc1cccc(-c2cnc(CN3CCNCC3c3ccncc3)[nH]2)c1.Cl. The zero-order valence-electron chi connectivity index (χ0n) is 14.2. The van der Waals surface area contributed by atoms with Crippen LogP contribution in [0, 0.1) is 0 Å². The molecule has 3 aromatic rings. The van der Waals surface area contributed by atoms with Gasteiger partial charge in [-0.15, -0.1) is 12.4 Å². The Morgan fingerprint density at radius 3 is 2.85 bits per heavy atom. The molecule has 5 nitrogen and oxygen atoms in total. The quantitative estimate of drug-likeness (QED) is 0.656. The summed E-state index contributed by atoms with van der Waals surface area (Å²) in [6.07, 6.45) is 5.64. The van der Waals surface area contributed by atoms with Crippen molar-refractivity contribution in [3.05, 3.63) is 70.8 Å². The summed E-state index contributed by atoms with van der Waals surface area (Å²) in [6.45, 7) is 3.76. The Bertz CT molecular complexity index is 839. The number of nitrogens with zero attached hydrogens (tertiary/aromatic N) is 3. The Labute approximate surface area is 167 Å². The third-order valence-electron chi connectivity index (χ3n) is 4.56. The van der Waals surface area contributed by atoms with Crippen molar-refractivity contribution < 1.29 is 0 Å². The summed E-state index contributed by atoms with van der Waals surface area (Å²) in [5.74, 6) is 0.996. The van der Waals surface area contributed by atoms with Crippen molar-refractivity contribution in [1.29, 1.82) is 0 Å². The lowest BCUT2D eigenvalue weighted by atomic mass is 10.0. The number of benzene rings is 1. The van der Waals surface area contributed by atoms with E-state index in [9.17, 15) is 0 Å². The lowest BCUT2D eigenvalue weighted by Crippen LogP contribution is -2.45. The summed E-state index contributed by atoms with van der Waals surface area (Å²) in [6, 6.07) is 12.8. The van der Waals surface area contributed by atoms with Crippen LogP contribution >= 0.6 is 28.3 Å². The molecule has 0 spiro atoms. The molecule has 7 heteroatoms. The standard InChI is InChI=1S/C19H20BrN5.ClH/c20-16-3-1-2-15(10-16)17-11-23-19(24-17)13-25-9-8-22-12-18(25)14-4-6-21-7-5-14;/h1-7,10-11,18,22H,8-9,12-13H2,(H,23,24);1H. The van der Waals surface area contributed by atoms with E-state index in [1.165, 1.54) is 5.56 Å². The fraction of sp³-hybridized carbons (Fsp3) is 0.263. The second-order valence-electron chi connectivity index (χ2n) is 6.22. The lowest BCUT2D eigenvalue weighted by molar-refractivity contribution is 0.150. The van der Waals surface area contributed by atoms with Crippen molar-refractivity contribution in [3.63, 3.8) is 0 Å². The fourth-order valence-electron chi connectivity index (χ4n) is 3.29. The number of hydrogen-bond acceptors (Lipinski definition) is 4. The Hall–Kier alpha value is -1.73. The van der Waals surface area contributed by atoms with Gasteiger partial charge in [0.25, 0.3) is 0 Å². The monoisotopic (exact) mass is 433 g/mol. The van der Waals surface area contributed by atoms with Gasteiger partial charge < -0.3 is 10.3 Å². The molecule has 2 N–H and O–H groups in total. The number of pyridine rings is 1. The molecule has 1 atom stereocenters. The minimum atomic E-state index is 0. The summed E-state index contributed by atoms with van der Waals surface area (Å²) in [4.78, 5) is 14.7. The summed E-state index contributed by atoms with van der Waals surface area (Å²) >= 11 is 3.53. The number of aromatic amines is 1. The first kappa shape index (κ1) is 19.0. The van der Waals surface area contributed by atoms with E-state index in [1.54, 1.807) is 0 Å². The molecule has 26 heavy (non-hydrogen) atoms. The van der Waals surface area contributed by atoms with Crippen LogP contribution in [0.15, 0.2) is 59.5 Å². The Morgan fingerprint density at radius 2 is 2.04 bits per heavy atom. The minimum absolute atomic E-state index is 0. The molecular formula is C19H21BrClN5. The molecule has 0 amide bonds. The molecule has 0 radical (unpaired) electrons. The highest BCUT2D eigenvalue weighted by molar-refractivity contribution is 9.10. The third-order valence-corrected chi connectivity index (χ3v) is 5.06. The summed E-state index contributed by atoms with van der Waals surface area (Å²) in [5, 5.41) is 3.49. The molecule has 3 heterocycles. The van der Waals surface area contributed by atoms with E-state index in [4.69, 9.17) is 0 Å². The van der Waals surface area contributed by atoms with Gasteiger partial charge in [-0.3, -0.25) is 9.88 Å². The first-order valence-corrected chi connectivity index (χ1v) is 9.23. The number of rotatable bonds is 4. The van der Waals surface area contributed by atoms with Crippen LogP contribution in [-0.4, -0.2) is 39.5 Å². The first-order chi connectivity index (χ1) is 12.3. The van der Waals surface area contributed by atoms with E-state index in [2.05, 4.69) is 65.4 Å². The van der Waals surface area contributed by atoms with Gasteiger partial charge in [0.2, 0.25) is 0 Å². The zero-order valence-corrected chi connectivity index (χ0v) is 16.6. The van der Waals surface area contributed by atoms with Gasteiger partial charge in [-0.25, -0.2) is 4.98 Å². The van der Waals surface area contributed by atoms with Gasteiger partial charge in [-0.05, 0) is 29.8 Å². The van der Waals surface area contributed by atoms with Crippen LogP contribution in [0.2, 0.25) is 0 Å². The van der Waals surface area contributed by atoms with E-state index in [0.717, 1.165) is 47.7 Å². The molecule has 0 saturated carbocycles. The van der Waals surface area contributed by atoms with E-state index < -0.39 is 0 Å². The molecule has 4 rings (SSSR count). The van der Waals surface area contributed by atoms with E-state index in [0.29, 0.717) is 6.04 Å². The highest BCUT2D eigenvalue weighted by Crippen LogP contribution is 2.25. The Balaban J connectivity index is 0.00000196. The van der Waals surface area contributed by atoms with Crippen molar-refractivity contribution >= 4 is 28.3 Å². The van der Waals surface area contributed by atoms with Crippen LogP contribution < -0.4 is 5.32 Å². The molecule has 1 saturated heterocycles. The topological polar surface area (TPSA) is 56.8 Å². The van der Waals surface area contributed by atoms with Crippen LogP contribution in [0.25, 0.3) is 11.3 Å². The second-order valence-corrected chi connectivity index (χ2v) is 7.14. The summed E-state index contributed by atoms with van der Waals surface area (Å²) in [5.41, 5.74) is 3.48. The molecule has 0 aliphatic carbocycles. The molecule has 1 aromatic carbocycles. The first-order valence-electron chi connectivity index (χ1n) is 8.44. The van der Waals surface area contributed by atoms with E-state index in [-0.39, 0.29) is 12.4 Å². The molecule has 136 valence electrons. The average Bonchev–Trinajstić information content (AvgIpc) is 3.12. The number of aromatic nitrogens is 3. The number of halogens is 2. The van der Waals surface area contributed by atoms with Gasteiger partial charge in [0.1, 0.15) is 5.82 Å². The highest BCUT2D eigenvalue weighted by atomic mass is 79.9. The van der Waals surface area contributed by atoms with Crippen molar-refractivity contribution in [2.45, 2.75) is 12.6 Å². The molecule has 2 aromatic heterocycles. The van der Waals surface area contributed by atoms with Crippen LogP contribution in [0.3, 0.4) is 0 Å². The molecule has 1 aliphatic heterocycles. The largest absolute Gasteiger partial charge is 0.341 e. The normalized spacial score (nSPS) is 17.7. The molecule has 1 unspecified atom stereocenters. The van der Waals surface area contributed by atoms with Crippen molar-refractivity contribution in [1.82, 2.24) is 25.2 Å². The Morgan fingerprint density at radius 1 is 1.19 bits per heavy atom. The van der Waals surface area contributed by atoms with Crippen LogP contribution in [0.4, 0.5) is 0 Å². The lowest BCUT2D eigenvalue weighted by Gasteiger charge is -2.35. The molecular weight excluding hydrogens is 414 g/mol. The predicted octanol–water partition coefficient (Wildman–Crippen LogP) is 3.80. The van der Waals surface area contributed by atoms with Crippen LogP contribution in [0.1, 0.15) is 17.4 Å². The van der Waals surface area contributed by atoms with Gasteiger partial charge >= 0.3 is 0 Å². The van der Waals surface area contributed by atoms with Gasteiger partial charge in [-0.1, -0.05) is 28.1 Å². The summed E-state index contributed by atoms with van der Waals surface area (Å²) < 4.78 is 1.07. The number of H-pyrrole nitrogens is 1. The Kier molecular flexibility index (Phi) is 6.43. The number of imidazole rings is 1. The number of hydrogen-bond donors (Lipinski definition) is 2. The summed E-state index contributed by atoms with van der Waals surface area (Å²) in [7, 11) is 0. The third kappa shape index (κ3) is 4.32. The molecule has 0 bridgehead atoms. The maximum Gasteiger partial charge on any atom is 0.120 e. The van der Waals surface area contributed by atoms with Crippen molar-refractivity contribution in [2.75, 3.05) is 19.6 Å². The van der Waals surface area contributed by atoms with Crippen LogP contribution in [-0.2, 0) is 6.54 Å². The second kappa shape index (κ2) is 8.77. The van der Waals surface area contributed by atoms with Gasteiger partial charge in [0.05, 0.1) is 18.4 Å². The maximum absolute atomic E-state index is 4.60. The van der Waals surface area contributed by atoms with Gasteiger partial charge in [0.15, 0.2) is 0 Å². The number of piperazine rings is 1. The molecule has 1 aliphatic rings. The zero-order chi connectivity index (χ0) is 17.1. The van der Waals surface area contributed by atoms with Gasteiger partial charge in [0, 0.05) is 48.1 Å². The van der Waals surface area contributed by atoms with Crippen molar-refractivity contribution in [3.8, 4) is 11.3 Å². The minimum Gasteiger partial charge on any atom is -0.341 e. The fourth-order valence-corrected chi connectivity index (χ4v) is 3.69. The molecule has 1 fully saturated rings. The smallest absolute Gasteiger partial charge is 0.120 e. The predicted molar refractivity (Wildman–Crippen MR) is 109 cm³/mol.